The maximum Gasteiger partial charge on any atom is 0.0969 e. The number of aryl methyl sites for hydroxylation is 1. The third-order valence-corrected chi connectivity index (χ3v) is 8.15. The lowest BCUT2D eigenvalue weighted by Gasteiger charge is -2.47. The molecule has 0 saturated carbocycles. The first-order valence-electron chi connectivity index (χ1n) is 11.4. The molecule has 2 fully saturated rings. The van der Waals surface area contributed by atoms with E-state index in [0.717, 1.165) is 77.4 Å². The first-order valence-corrected chi connectivity index (χ1v) is 12.2. The van der Waals surface area contributed by atoms with Gasteiger partial charge in [0, 0.05) is 48.0 Å². The van der Waals surface area contributed by atoms with Gasteiger partial charge in [0.15, 0.2) is 0 Å². The van der Waals surface area contributed by atoms with Crippen molar-refractivity contribution in [3.8, 4) is 0 Å². The molecule has 0 aromatic carbocycles. The van der Waals surface area contributed by atoms with E-state index in [0.29, 0.717) is 12.1 Å². The van der Waals surface area contributed by atoms with Crippen molar-refractivity contribution in [2.75, 3.05) is 32.9 Å². The molecular formula is C22H33N5O2S. The molecule has 0 radical (unpaired) electrons. The minimum atomic E-state index is -0.0856. The normalized spacial score (nSPS) is 29.9. The highest BCUT2D eigenvalue weighted by Gasteiger charge is 2.44. The molecule has 3 atom stereocenters. The van der Waals surface area contributed by atoms with Gasteiger partial charge in [-0.3, -0.25) is 9.58 Å². The van der Waals surface area contributed by atoms with Gasteiger partial charge in [0.1, 0.15) is 0 Å². The smallest absolute Gasteiger partial charge is 0.0969 e. The lowest BCUT2D eigenvalue weighted by molar-refractivity contribution is -0.112. The van der Waals surface area contributed by atoms with Crippen LogP contribution in [0, 0.1) is 0 Å². The molecule has 5 heterocycles. The Kier molecular flexibility index (Phi) is 5.94. The highest BCUT2D eigenvalue weighted by molar-refractivity contribution is 7.12. The second-order valence-electron chi connectivity index (χ2n) is 8.93. The van der Waals surface area contributed by atoms with E-state index in [1.165, 1.54) is 10.4 Å². The summed E-state index contributed by atoms with van der Waals surface area (Å²) in [6.45, 7) is 10.6. The summed E-state index contributed by atoms with van der Waals surface area (Å²) in [5.41, 5.74) is 2.44. The summed E-state index contributed by atoms with van der Waals surface area (Å²) in [5.74, 6) is 0. The van der Waals surface area contributed by atoms with Crippen molar-refractivity contribution in [2.24, 2.45) is 0 Å². The van der Waals surface area contributed by atoms with Crippen molar-refractivity contribution in [3.63, 3.8) is 0 Å². The Morgan fingerprint density at radius 3 is 3.10 bits per heavy atom. The van der Waals surface area contributed by atoms with Gasteiger partial charge in [-0.05, 0) is 37.8 Å². The van der Waals surface area contributed by atoms with E-state index in [2.05, 4.69) is 46.6 Å². The molecule has 1 spiro atoms. The molecule has 164 valence electrons. The van der Waals surface area contributed by atoms with Crippen LogP contribution in [0.3, 0.4) is 0 Å². The van der Waals surface area contributed by atoms with Gasteiger partial charge in [0.25, 0.3) is 0 Å². The maximum atomic E-state index is 6.48. The second kappa shape index (κ2) is 8.67. The molecule has 2 aromatic heterocycles. The molecule has 3 aliphatic heterocycles. The Balaban J connectivity index is 1.23. The lowest BCUT2D eigenvalue weighted by atomic mass is 9.79. The third-order valence-electron chi connectivity index (χ3n) is 6.82. The van der Waals surface area contributed by atoms with Crippen molar-refractivity contribution < 1.29 is 9.47 Å². The number of piperidine rings is 1. The van der Waals surface area contributed by atoms with Crippen molar-refractivity contribution in [1.82, 2.24) is 25.2 Å². The van der Waals surface area contributed by atoms with E-state index in [9.17, 15) is 0 Å². The van der Waals surface area contributed by atoms with E-state index >= 15 is 0 Å². The zero-order valence-corrected chi connectivity index (χ0v) is 18.9. The fourth-order valence-electron chi connectivity index (χ4n) is 5.18. The summed E-state index contributed by atoms with van der Waals surface area (Å²) >= 11 is 2.00. The molecule has 2 saturated heterocycles. The van der Waals surface area contributed by atoms with E-state index in [1.807, 2.05) is 16.0 Å². The first kappa shape index (κ1) is 20.6. The van der Waals surface area contributed by atoms with E-state index in [1.54, 1.807) is 4.88 Å². The largest absolute Gasteiger partial charge is 0.378 e. The van der Waals surface area contributed by atoms with Crippen molar-refractivity contribution >= 4 is 11.3 Å². The predicted molar refractivity (Wildman–Crippen MR) is 117 cm³/mol. The molecule has 3 aliphatic rings. The molecule has 0 bridgehead atoms. The second-order valence-corrected chi connectivity index (χ2v) is 10.1. The Morgan fingerprint density at radius 1 is 1.37 bits per heavy atom. The number of nitrogens with zero attached hydrogens (tertiary/aromatic N) is 4. The maximum absolute atomic E-state index is 6.48. The standard InChI is InChI=1S/C22H33N5O2S/c1-3-19-10-20-21(30-19)4-8-29-22(20)5-7-26(16(2)11-22)12-17-13-27(25-24-17)14-18-15-28-9-6-23-18/h10,13,16,18,23H,3-9,11-12,14-15H2,1-2H3/t16-,18?,22+/m0/s1. The van der Waals surface area contributed by atoms with Gasteiger partial charge >= 0.3 is 0 Å². The third kappa shape index (κ3) is 4.08. The summed E-state index contributed by atoms with van der Waals surface area (Å²) < 4.78 is 14.0. The summed E-state index contributed by atoms with van der Waals surface area (Å²) in [5, 5.41) is 12.3. The minimum Gasteiger partial charge on any atom is -0.378 e. The van der Waals surface area contributed by atoms with Gasteiger partial charge in [-0.25, -0.2) is 0 Å². The van der Waals surface area contributed by atoms with Gasteiger partial charge < -0.3 is 14.8 Å². The molecule has 8 heteroatoms. The monoisotopic (exact) mass is 431 g/mol. The number of aromatic nitrogens is 3. The number of likely N-dealkylation sites (tertiary alicyclic amines) is 1. The Bertz CT molecular complexity index is 862. The Morgan fingerprint density at radius 2 is 2.30 bits per heavy atom. The average molecular weight is 432 g/mol. The zero-order chi connectivity index (χ0) is 20.6. The number of rotatable bonds is 5. The van der Waals surface area contributed by atoms with Crippen LogP contribution in [0.1, 0.15) is 47.7 Å². The summed E-state index contributed by atoms with van der Waals surface area (Å²) in [4.78, 5) is 5.59. The molecule has 1 N–H and O–H groups in total. The summed E-state index contributed by atoms with van der Waals surface area (Å²) in [6.07, 6.45) is 6.39. The van der Waals surface area contributed by atoms with Gasteiger partial charge in [-0.15, -0.1) is 16.4 Å². The van der Waals surface area contributed by atoms with Crippen LogP contribution in [0.2, 0.25) is 0 Å². The number of hydrogen-bond acceptors (Lipinski definition) is 7. The first-order chi connectivity index (χ1) is 14.6. The van der Waals surface area contributed by atoms with Crippen LogP contribution in [0.15, 0.2) is 12.3 Å². The number of fused-ring (bicyclic) bond motifs is 2. The predicted octanol–water partition coefficient (Wildman–Crippen LogP) is 2.34. The fraction of sp³-hybridized carbons (Fsp3) is 0.727. The van der Waals surface area contributed by atoms with Crippen molar-refractivity contribution in [1.29, 1.82) is 0 Å². The molecule has 7 nitrogen and oxygen atoms in total. The molecule has 0 amide bonds. The van der Waals surface area contributed by atoms with Gasteiger partial charge in [-0.2, -0.15) is 0 Å². The Hall–Kier alpha value is -1.32. The van der Waals surface area contributed by atoms with Gasteiger partial charge in [0.05, 0.1) is 43.7 Å². The summed E-state index contributed by atoms with van der Waals surface area (Å²) in [7, 11) is 0. The molecule has 5 rings (SSSR count). The van der Waals surface area contributed by atoms with E-state index in [-0.39, 0.29) is 5.60 Å². The number of nitrogens with one attached hydrogen (secondary N) is 1. The van der Waals surface area contributed by atoms with Crippen LogP contribution in [0.5, 0.6) is 0 Å². The average Bonchev–Trinajstić information content (AvgIpc) is 3.38. The molecular weight excluding hydrogens is 398 g/mol. The van der Waals surface area contributed by atoms with Crippen LogP contribution < -0.4 is 5.32 Å². The number of thiophene rings is 1. The molecule has 1 unspecified atom stereocenters. The van der Waals surface area contributed by atoms with Gasteiger partial charge in [0.2, 0.25) is 0 Å². The van der Waals surface area contributed by atoms with Gasteiger partial charge in [-0.1, -0.05) is 12.1 Å². The zero-order valence-electron chi connectivity index (χ0n) is 18.1. The van der Waals surface area contributed by atoms with Crippen molar-refractivity contribution in [3.05, 3.63) is 33.3 Å². The lowest BCUT2D eigenvalue weighted by Crippen LogP contribution is -2.50. The minimum absolute atomic E-state index is 0.0856. The topological polar surface area (TPSA) is 64.4 Å². The molecule has 30 heavy (non-hydrogen) atoms. The Labute approximate surface area is 182 Å². The number of hydrogen-bond donors (Lipinski definition) is 1. The van der Waals surface area contributed by atoms with E-state index < -0.39 is 0 Å². The quantitative estimate of drug-likeness (QED) is 0.784. The van der Waals surface area contributed by atoms with Crippen LogP contribution in [-0.2, 0) is 41.0 Å². The summed E-state index contributed by atoms with van der Waals surface area (Å²) in [6, 6.07) is 3.20. The molecule has 2 aromatic rings. The fourth-order valence-corrected chi connectivity index (χ4v) is 6.36. The van der Waals surface area contributed by atoms with Crippen LogP contribution in [-0.4, -0.2) is 64.9 Å². The van der Waals surface area contributed by atoms with Crippen LogP contribution >= 0.6 is 11.3 Å². The number of ether oxygens (including phenoxy) is 2. The molecule has 0 aliphatic carbocycles. The van der Waals surface area contributed by atoms with E-state index in [4.69, 9.17) is 9.47 Å². The van der Waals surface area contributed by atoms with Crippen LogP contribution in [0.25, 0.3) is 0 Å². The SMILES string of the molecule is CCc1cc2c(s1)CCO[C@@]21CCN(Cc2cn(CC3COCCN3)nn2)[C@@H](C)C1. The highest BCUT2D eigenvalue weighted by Crippen LogP contribution is 2.46. The number of morpholine rings is 1. The van der Waals surface area contributed by atoms with Crippen LogP contribution in [0.4, 0.5) is 0 Å². The van der Waals surface area contributed by atoms with Crippen molar-refractivity contribution in [2.45, 2.75) is 70.3 Å². The highest BCUT2D eigenvalue weighted by atomic mass is 32.1.